The van der Waals surface area contributed by atoms with Gasteiger partial charge in [-0.15, -0.1) is 0 Å². The molecule has 0 aliphatic carbocycles. The third-order valence-electron chi connectivity index (χ3n) is 4.87. The Balaban J connectivity index is 1.85. The summed E-state index contributed by atoms with van der Waals surface area (Å²) in [4.78, 5) is 23.2. The molecule has 3 aromatic carbocycles. The Labute approximate surface area is 216 Å². The zero-order valence-electron chi connectivity index (χ0n) is 19.1. The van der Waals surface area contributed by atoms with E-state index < -0.39 is 10.8 Å². The van der Waals surface area contributed by atoms with E-state index in [0.717, 1.165) is 11.6 Å². The molecule has 0 radical (unpaired) electrons. The molecule has 0 heterocycles. The van der Waals surface area contributed by atoms with Crippen LogP contribution in [0.3, 0.4) is 0 Å². The number of anilines is 1. The summed E-state index contributed by atoms with van der Waals surface area (Å²) in [6.45, 7) is 0.208. The third kappa shape index (κ3) is 6.44. The highest BCUT2D eigenvalue weighted by Crippen LogP contribution is 2.38. The Kier molecular flexibility index (Phi) is 8.73. The molecule has 0 aromatic heterocycles. The number of nitrogens with one attached hydrogen (secondary N) is 1. The third-order valence-corrected chi connectivity index (χ3v) is 5.40. The summed E-state index contributed by atoms with van der Waals surface area (Å²) in [5.74, 6) is -0.0242. The smallest absolute Gasteiger partial charge is 0.271 e. The predicted octanol–water partition coefficient (Wildman–Crippen LogP) is 6.04. The minimum absolute atomic E-state index is 0.0411. The Morgan fingerprint density at radius 3 is 2.39 bits per heavy atom. The second-order valence-electron chi connectivity index (χ2n) is 7.21. The molecule has 9 nitrogen and oxygen atoms in total. The van der Waals surface area contributed by atoms with E-state index in [1.54, 1.807) is 18.2 Å². The molecule has 0 spiro atoms. The van der Waals surface area contributed by atoms with Crippen LogP contribution in [0.1, 0.15) is 11.1 Å². The van der Waals surface area contributed by atoms with Crippen LogP contribution in [0, 0.1) is 21.4 Å². The van der Waals surface area contributed by atoms with Gasteiger partial charge in [-0.2, -0.15) is 5.26 Å². The molecule has 0 atom stereocenters. The molecule has 0 unspecified atom stereocenters. The number of carbonyl (C=O) groups is 1. The van der Waals surface area contributed by atoms with Crippen LogP contribution in [-0.4, -0.2) is 25.1 Å². The van der Waals surface area contributed by atoms with Crippen molar-refractivity contribution in [3.8, 4) is 23.3 Å². The van der Waals surface area contributed by atoms with Crippen molar-refractivity contribution in [2.45, 2.75) is 6.61 Å². The van der Waals surface area contributed by atoms with Crippen molar-refractivity contribution in [3.63, 3.8) is 0 Å². The van der Waals surface area contributed by atoms with Crippen molar-refractivity contribution in [2.75, 3.05) is 19.5 Å². The number of hydrogen-bond donors (Lipinski definition) is 1. The zero-order valence-corrected chi connectivity index (χ0v) is 20.6. The van der Waals surface area contributed by atoms with Crippen LogP contribution in [0.5, 0.6) is 17.2 Å². The lowest BCUT2D eigenvalue weighted by atomic mass is 10.1. The van der Waals surface area contributed by atoms with Gasteiger partial charge < -0.3 is 19.5 Å². The van der Waals surface area contributed by atoms with Crippen molar-refractivity contribution >= 4 is 46.6 Å². The Morgan fingerprint density at radius 2 is 1.78 bits per heavy atom. The molecule has 1 N–H and O–H groups in total. The highest BCUT2D eigenvalue weighted by molar-refractivity contribution is 6.32. The molecule has 36 heavy (non-hydrogen) atoms. The van der Waals surface area contributed by atoms with E-state index in [0.29, 0.717) is 16.3 Å². The van der Waals surface area contributed by atoms with Gasteiger partial charge in [0, 0.05) is 17.2 Å². The first-order valence-electron chi connectivity index (χ1n) is 10.3. The summed E-state index contributed by atoms with van der Waals surface area (Å²) in [5, 5.41) is 23.9. The van der Waals surface area contributed by atoms with E-state index in [-0.39, 0.29) is 40.1 Å². The molecule has 0 saturated heterocycles. The maximum absolute atomic E-state index is 12.8. The van der Waals surface area contributed by atoms with Gasteiger partial charge in [0.2, 0.25) is 0 Å². The van der Waals surface area contributed by atoms with Gasteiger partial charge in [0.15, 0.2) is 11.5 Å². The molecule has 1 amide bonds. The van der Waals surface area contributed by atoms with Crippen molar-refractivity contribution in [1.29, 1.82) is 5.26 Å². The Morgan fingerprint density at radius 1 is 1.08 bits per heavy atom. The van der Waals surface area contributed by atoms with Gasteiger partial charge in [-0.1, -0.05) is 35.3 Å². The topological polar surface area (TPSA) is 124 Å². The van der Waals surface area contributed by atoms with Gasteiger partial charge in [0.1, 0.15) is 24.0 Å². The number of hydrogen-bond acceptors (Lipinski definition) is 7. The molecule has 0 aliphatic heterocycles. The lowest BCUT2D eigenvalue weighted by Gasteiger charge is -2.14. The van der Waals surface area contributed by atoms with Gasteiger partial charge in [-0.05, 0) is 47.5 Å². The highest BCUT2D eigenvalue weighted by Gasteiger charge is 2.18. The number of nitrogens with zero attached hydrogens (tertiary/aromatic N) is 2. The number of nitro groups is 1. The monoisotopic (exact) mass is 527 g/mol. The van der Waals surface area contributed by atoms with Gasteiger partial charge in [-0.3, -0.25) is 14.9 Å². The summed E-state index contributed by atoms with van der Waals surface area (Å²) >= 11 is 12.3. The lowest BCUT2D eigenvalue weighted by molar-refractivity contribution is -0.384. The molecule has 184 valence electrons. The minimum Gasteiger partial charge on any atom is -0.495 e. The summed E-state index contributed by atoms with van der Waals surface area (Å²) in [7, 11) is 2.78. The van der Waals surface area contributed by atoms with Crippen molar-refractivity contribution < 1.29 is 23.9 Å². The maximum atomic E-state index is 12.8. The van der Waals surface area contributed by atoms with Crippen molar-refractivity contribution in [2.24, 2.45) is 0 Å². The van der Waals surface area contributed by atoms with E-state index >= 15 is 0 Å². The van der Waals surface area contributed by atoms with Gasteiger partial charge in [0.25, 0.3) is 11.6 Å². The molecule has 11 heteroatoms. The van der Waals surface area contributed by atoms with Crippen LogP contribution in [0.25, 0.3) is 6.08 Å². The number of non-ortho nitro benzene ring substituents is 1. The van der Waals surface area contributed by atoms with E-state index in [9.17, 15) is 20.2 Å². The molecule has 0 bridgehead atoms. The van der Waals surface area contributed by atoms with E-state index in [4.69, 9.17) is 37.4 Å². The van der Waals surface area contributed by atoms with Crippen molar-refractivity contribution in [3.05, 3.63) is 91.5 Å². The largest absolute Gasteiger partial charge is 0.495 e. The first kappa shape index (κ1) is 26.3. The number of halogens is 2. The normalized spacial score (nSPS) is 10.8. The first-order chi connectivity index (χ1) is 17.2. The van der Waals surface area contributed by atoms with E-state index in [2.05, 4.69) is 5.32 Å². The fraction of sp³-hybridized carbons (Fsp3) is 0.120. The highest BCUT2D eigenvalue weighted by atomic mass is 35.5. The van der Waals surface area contributed by atoms with Crippen LogP contribution < -0.4 is 19.5 Å². The summed E-state index contributed by atoms with van der Waals surface area (Å²) in [6.07, 6.45) is 1.30. The van der Waals surface area contributed by atoms with Crippen LogP contribution in [0.15, 0.2) is 60.2 Å². The predicted molar refractivity (Wildman–Crippen MR) is 136 cm³/mol. The summed E-state index contributed by atoms with van der Waals surface area (Å²) in [6, 6.07) is 15.7. The molecule has 3 rings (SSSR count). The van der Waals surface area contributed by atoms with Crippen LogP contribution in [-0.2, 0) is 11.4 Å². The standard InChI is InChI=1S/C25H19Cl2N3O6/c1-34-22-8-7-19(30(32)33)12-21(22)29-25(31)17(13-28)9-16-10-20(27)24(23(11-16)35-2)36-14-15-3-5-18(26)6-4-15/h3-12H,14H2,1-2H3,(H,29,31)/b17-9+. The fourth-order valence-corrected chi connectivity index (χ4v) is 3.51. The molecule has 0 aliphatic rings. The number of carbonyl (C=O) groups excluding carboxylic acids is 1. The fourth-order valence-electron chi connectivity index (χ4n) is 3.11. The number of benzene rings is 3. The van der Waals surface area contributed by atoms with E-state index in [1.165, 1.54) is 38.5 Å². The van der Waals surface area contributed by atoms with Crippen LogP contribution in [0.4, 0.5) is 11.4 Å². The average molecular weight is 528 g/mol. The van der Waals surface area contributed by atoms with Gasteiger partial charge >= 0.3 is 0 Å². The van der Waals surface area contributed by atoms with Gasteiger partial charge in [-0.25, -0.2) is 0 Å². The second kappa shape index (κ2) is 11.9. The quantitative estimate of drug-likeness (QED) is 0.155. The van der Waals surface area contributed by atoms with Crippen molar-refractivity contribution in [1.82, 2.24) is 0 Å². The molecule has 0 saturated carbocycles. The second-order valence-corrected chi connectivity index (χ2v) is 8.06. The minimum atomic E-state index is -0.797. The number of nitro benzene ring substituents is 1. The van der Waals surface area contributed by atoms with Crippen LogP contribution in [0.2, 0.25) is 10.0 Å². The average Bonchev–Trinajstić information content (AvgIpc) is 2.87. The van der Waals surface area contributed by atoms with Gasteiger partial charge in [0.05, 0.1) is 29.9 Å². The summed E-state index contributed by atoms with van der Waals surface area (Å²) < 4.78 is 16.3. The number of methoxy groups -OCH3 is 2. The maximum Gasteiger partial charge on any atom is 0.271 e. The SMILES string of the molecule is COc1ccc([N+](=O)[O-])cc1NC(=O)/C(C#N)=C/c1cc(Cl)c(OCc2ccc(Cl)cc2)c(OC)c1. The molecular weight excluding hydrogens is 509 g/mol. The van der Waals surface area contributed by atoms with E-state index in [1.807, 2.05) is 18.2 Å². The molecule has 3 aromatic rings. The number of ether oxygens (including phenoxy) is 3. The summed E-state index contributed by atoms with van der Waals surface area (Å²) in [5.41, 5.74) is 0.769. The first-order valence-corrected chi connectivity index (χ1v) is 11.0. The molecular formula is C25H19Cl2N3O6. The zero-order chi connectivity index (χ0) is 26.2. The Bertz CT molecular complexity index is 1370. The Hall–Kier alpha value is -4.26. The number of amides is 1. The lowest BCUT2D eigenvalue weighted by Crippen LogP contribution is -2.14. The van der Waals surface area contributed by atoms with Crippen LogP contribution >= 0.6 is 23.2 Å². The number of rotatable bonds is 9. The molecule has 0 fully saturated rings. The number of nitriles is 1.